The molecule has 1 fully saturated rings. The van der Waals surface area contributed by atoms with Crippen molar-refractivity contribution in [3.63, 3.8) is 0 Å². The van der Waals surface area contributed by atoms with E-state index in [1.54, 1.807) is 12.4 Å². The second-order valence-electron chi connectivity index (χ2n) is 5.18. The van der Waals surface area contributed by atoms with Crippen molar-refractivity contribution >= 4 is 23.1 Å². The molecule has 6 heteroatoms. The van der Waals surface area contributed by atoms with Gasteiger partial charge in [0.15, 0.2) is 5.15 Å². The monoisotopic (exact) mass is 293 g/mol. The lowest BCUT2D eigenvalue weighted by Gasteiger charge is -2.27. The van der Waals surface area contributed by atoms with Gasteiger partial charge in [0.1, 0.15) is 17.4 Å². The molecular formula is C14H16ClN3O2. The number of rotatable bonds is 2. The van der Waals surface area contributed by atoms with Crippen molar-refractivity contribution in [3.8, 4) is 0 Å². The third-order valence-electron chi connectivity index (χ3n) is 3.76. The molecule has 0 saturated heterocycles. The molecule has 1 aliphatic rings. The Kier molecular flexibility index (Phi) is 3.61. The Morgan fingerprint density at radius 3 is 3.10 bits per heavy atom. The maximum absolute atomic E-state index is 11.1. The molecule has 1 saturated carbocycles. The Bertz CT molecular complexity index is 640. The summed E-state index contributed by atoms with van der Waals surface area (Å²) in [6.07, 6.45) is 9.13. The highest BCUT2D eigenvalue weighted by Crippen LogP contribution is 2.34. The van der Waals surface area contributed by atoms with Crippen molar-refractivity contribution in [1.82, 2.24) is 14.4 Å². The molecule has 106 valence electrons. The fourth-order valence-electron chi connectivity index (χ4n) is 2.94. The summed E-state index contributed by atoms with van der Waals surface area (Å²) < 4.78 is 7.32. The summed E-state index contributed by atoms with van der Waals surface area (Å²) in [6, 6.07) is 0. The number of hydrogen-bond acceptors (Lipinski definition) is 4. The minimum Gasteiger partial charge on any atom is -0.463 e. The van der Waals surface area contributed by atoms with Gasteiger partial charge in [-0.05, 0) is 25.7 Å². The molecule has 0 spiro atoms. The Balaban J connectivity index is 1.87. The van der Waals surface area contributed by atoms with Crippen LogP contribution in [-0.2, 0) is 9.53 Å². The quantitative estimate of drug-likeness (QED) is 0.799. The molecule has 2 heterocycles. The fourth-order valence-corrected chi connectivity index (χ4v) is 3.14. The molecule has 5 nitrogen and oxygen atoms in total. The number of halogens is 1. The predicted molar refractivity (Wildman–Crippen MR) is 74.8 cm³/mol. The molecule has 0 bridgehead atoms. The average Bonchev–Trinajstić information content (AvgIpc) is 2.83. The van der Waals surface area contributed by atoms with Crippen molar-refractivity contribution < 1.29 is 9.53 Å². The molecule has 2 aromatic rings. The molecule has 2 unspecified atom stereocenters. The summed E-state index contributed by atoms with van der Waals surface area (Å²) in [5, 5.41) is 0.457. The lowest BCUT2D eigenvalue weighted by atomic mass is 9.86. The average molecular weight is 294 g/mol. The summed E-state index contributed by atoms with van der Waals surface area (Å²) in [5.41, 5.74) is 0.818. The molecule has 0 aliphatic heterocycles. The van der Waals surface area contributed by atoms with Crippen LogP contribution in [0.15, 0.2) is 18.6 Å². The fraction of sp³-hybridized carbons (Fsp3) is 0.500. The molecule has 1 aliphatic carbocycles. The first-order chi connectivity index (χ1) is 9.65. The van der Waals surface area contributed by atoms with E-state index in [0.717, 1.165) is 37.0 Å². The van der Waals surface area contributed by atoms with Gasteiger partial charge in [0.2, 0.25) is 0 Å². The van der Waals surface area contributed by atoms with Gasteiger partial charge in [-0.3, -0.25) is 9.20 Å². The van der Waals surface area contributed by atoms with Crippen molar-refractivity contribution in [3.05, 3.63) is 29.6 Å². The second kappa shape index (κ2) is 5.40. The van der Waals surface area contributed by atoms with Crippen LogP contribution in [0.4, 0.5) is 0 Å². The Labute approximate surface area is 121 Å². The molecule has 20 heavy (non-hydrogen) atoms. The lowest BCUT2D eigenvalue weighted by Crippen LogP contribution is -2.24. The Morgan fingerprint density at radius 2 is 2.30 bits per heavy atom. The molecule has 3 rings (SSSR count). The maximum Gasteiger partial charge on any atom is 0.302 e. The van der Waals surface area contributed by atoms with Gasteiger partial charge in [-0.25, -0.2) is 9.97 Å². The van der Waals surface area contributed by atoms with Gasteiger partial charge in [-0.15, -0.1) is 0 Å². The van der Waals surface area contributed by atoms with Crippen LogP contribution in [0.2, 0.25) is 5.15 Å². The van der Waals surface area contributed by atoms with Crippen molar-refractivity contribution in [1.29, 1.82) is 0 Å². The van der Waals surface area contributed by atoms with Gasteiger partial charge in [0.05, 0.1) is 6.20 Å². The van der Waals surface area contributed by atoms with Crippen molar-refractivity contribution in [2.75, 3.05) is 0 Å². The van der Waals surface area contributed by atoms with E-state index in [2.05, 4.69) is 9.97 Å². The molecular weight excluding hydrogens is 278 g/mol. The first-order valence-corrected chi connectivity index (χ1v) is 7.17. The van der Waals surface area contributed by atoms with Gasteiger partial charge in [0.25, 0.3) is 0 Å². The third-order valence-corrected chi connectivity index (χ3v) is 4.06. The number of carbonyl (C=O) groups is 1. The number of esters is 1. The van der Waals surface area contributed by atoms with Crippen LogP contribution < -0.4 is 0 Å². The highest BCUT2D eigenvalue weighted by atomic mass is 35.5. The Hall–Kier alpha value is -1.62. The van der Waals surface area contributed by atoms with E-state index in [1.807, 2.05) is 10.6 Å². The van der Waals surface area contributed by atoms with Crippen LogP contribution in [0, 0.1) is 0 Å². The molecule has 0 amide bonds. The Morgan fingerprint density at radius 1 is 1.45 bits per heavy atom. The molecule has 0 N–H and O–H groups in total. The van der Waals surface area contributed by atoms with E-state index in [0.29, 0.717) is 5.15 Å². The third kappa shape index (κ3) is 2.50. The standard InChI is InChI=1S/C14H16ClN3O2/c1-9(19)20-11-4-2-3-10(7-11)14-17-8-12-13(15)16-5-6-18(12)14/h5-6,8,10-11H,2-4,7H2,1H3. The lowest BCUT2D eigenvalue weighted by molar-refractivity contribution is -0.148. The van der Waals surface area contributed by atoms with Gasteiger partial charge >= 0.3 is 5.97 Å². The summed E-state index contributed by atoms with van der Waals surface area (Å²) in [5.74, 6) is 1.05. The SMILES string of the molecule is CC(=O)OC1CCCC(c2ncc3c(Cl)nccn23)C1. The van der Waals surface area contributed by atoms with E-state index >= 15 is 0 Å². The van der Waals surface area contributed by atoms with Gasteiger partial charge in [-0.2, -0.15) is 0 Å². The highest BCUT2D eigenvalue weighted by Gasteiger charge is 2.28. The molecule has 0 radical (unpaired) electrons. The van der Waals surface area contributed by atoms with Crippen LogP contribution >= 0.6 is 11.6 Å². The first kappa shape index (κ1) is 13.4. The van der Waals surface area contributed by atoms with Crippen molar-refractivity contribution in [2.45, 2.75) is 44.6 Å². The maximum atomic E-state index is 11.1. The second-order valence-corrected chi connectivity index (χ2v) is 5.54. The number of nitrogens with zero attached hydrogens (tertiary/aromatic N) is 3. The predicted octanol–water partition coefficient (Wildman–Crippen LogP) is 2.97. The topological polar surface area (TPSA) is 56.5 Å². The zero-order valence-electron chi connectivity index (χ0n) is 11.3. The zero-order valence-corrected chi connectivity index (χ0v) is 12.0. The van der Waals surface area contributed by atoms with E-state index in [1.165, 1.54) is 6.92 Å². The summed E-state index contributed by atoms with van der Waals surface area (Å²) in [6.45, 7) is 1.46. The highest BCUT2D eigenvalue weighted by molar-refractivity contribution is 6.32. The number of ether oxygens (including phenoxy) is 1. The first-order valence-electron chi connectivity index (χ1n) is 6.80. The summed E-state index contributed by atoms with van der Waals surface area (Å²) in [7, 11) is 0. The van der Waals surface area contributed by atoms with E-state index < -0.39 is 0 Å². The molecule has 2 aromatic heterocycles. The van der Waals surface area contributed by atoms with Crippen LogP contribution in [0.25, 0.3) is 5.52 Å². The summed E-state index contributed by atoms with van der Waals surface area (Å²) in [4.78, 5) is 19.6. The number of hydrogen-bond donors (Lipinski definition) is 0. The normalized spacial score (nSPS) is 22.9. The largest absolute Gasteiger partial charge is 0.463 e. The number of aromatic nitrogens is 3. The number of fused-ring (bicyclic) bond motifs is 1. The van der Waals surface area contributed by atoms with E-state index in [4.69, 9.17) is 16.3 Å². The molecule has 2 atom stereocenters. The smallest absolute Gasteiger partial charge is 0.302 e. The van der Waals surface area contributed by atoms with Gasteiger partial charge in [0, 0.05) is 25.2 Å². The van der Waals surface area contributed by atoms with Crippen LogP contribution in [0.1, 0.15) is 44.3 Å². The van der Waals surface area contributed by atoms with Crippen LogP contribution in [0.3, 0.4) is 0 Å². The van der Waals surface area contributed by atoms with Crippen LogP contribution in [-0.4, -0.2) is 26.4 Å². The van der Waals surface area contributed by atoms with E-state index in [-0.39, 0.29) is 18.0 Å². The minimum atomic E-state index is -0.212. The molecule has 0 aromatic carbocycles. The minimum absolute atomic E-state index is 0.00379. The van der Waals surface area contributed by atoms with Gasteiger partial charge in [-0.1, -0.05) is 11.6 Å². The zero-order chi connectivity index (χ0) is 14.1. The van der Waals surface area contributed by atoms with Crippen molar-refractivity contribution in [2.24, 2.45) is 0 Å². The number of carbonyl (C=O) groups excluding carboxylic acids is 1. The van der Waals surface area contributed by atoms with Gasteiger partial charge < -0.3 is 4.74 Å². The summed E-state index contributed by atoms with van der Waals surface area (Å²) >= 11 is 6.07. The van der Waals surface area contributed by atoms with Crippen LogP contribution in [0.5, 0.6) is 0 Å². The number of imidazole rings is 1. The van der Waals surface area contributed by atoms with E-state index in [9.17, 15) is 4.79 Å².